The Balaban J connectivity index is 3.44. The van der Waals surface area contributed by atoms with Gasteiger partial charge >= 0.3 is 0 Å². The molecule has 0 rings (SSSR count). The Morgan fingerprint density at radius 1 is 0.923 bits per heavy atom. The highest BCUT2D eigenvalue weighted by atomic mass is 16.3. The predicted octanol–water partition coefficient (Wildman–Crippen LogP) is 3.75. The highest BCUT2D eigenvalue weighted by Crippen LogP contribution is 2.20. The lowest BCUT2D eigenvalue weighted by Crippen LogP contribution is -2.03. The summed E-state index contributed by atoms with van der Waals surface area (Å²) < 4.78 is 0. The molecule has 1 atom stereocenters. The zero-order chi connectivity index (χ0) is 10.1. The molecule has 0 saturated heterocycles. The summed E-state index contributed by atoms with van der Waals surface area (Å²) in [6.07, 6.45) is 8.72. The van der Waals surface area contributed by atoms with Crippen molar-refractivity contribution in [3.8, 4) is 0 Å². The molecular formula is C12H26O. The van der Waals surface area contributed by atoms with E-state index in [0.29, 0.717) is 0 Å². The average molecular weight is 186 g/mol. The highest BCUT2D eigenvalue weighted by Gasteiger charge is 2.06. The van der Waals surface area contributed by atoms with Crippen LogP contribution >= 0.6 is 0 Å². The Hall–Kier alpha value is -0.0400. The van der Waals surface area contributed by atoms with Crippen molar-refractivity contribution in [1.29, 1.82) is 0 Å². The van der Waals surface area contributed by atoms with Gasteiger partial charge in [-0.05, 0) is 19.3 Å². The molecule has 0 radical (unpaired) electrons. The van der Waals surface area contributed by atoms with Gasteiger partial charge < -0.3 is 5.11 Å². The van der Waals surface area contributed by atoms with E-state index in [9.17, 15) is 0 Å². The Labute approximate surface area is 83.5 Å². The van der Waals surface area contributed by atoms with E-state index in [2.05, 4.69) is 13.8 Å². The lowest BCUT2D eigenvalue weighted by molar-refractivity contribution is 0.177. The van der Waals surface area contributed by atoms with Gasteiger partial charge in [0.05, 0.1) is 6.10 Å². The Morgan fingerprint density at radius 2 is 1.46 bits per heavy atom. The fourth-order valence-corrected chi connectivity index (χ4v) is 1.95. The molecule has 0 amide bonds. The minimum absolute atomic E-state index is 0.107. The summed E-state index contributed by atoms with van der Waals surface area (Å²) in [5.41, 5.74) is 0. The minimum Gasteiger partial charge on any atom is -0.393 e. The van der Waals surface area contributed by atoms with Gasteiger partial charge in [0.2, 0.25) is 0 Å². The topological polar surface area (TPSA) is 20.2 Å². The summed E-state index contributed by atoms with van der Waals surface area (Å²) in [6, 6.07) is 0. The zero-order valence-corrected chi connectivity index (χ0v) is 9.55. The van der Waals surface area contributed by atoms with Crippen molar-refractivity contribution in [2.24, 2.45) is 5.92 Å². The molecule has 1 nitrogen and oxygen atoms in total. The van der Waals surface area contributed by atoms with Crippen LogP contribution in [0.15, 0.2) is 0 Å². The summed E-state index contributed by atoms with van der Waals surface area (Å²) >= 11 is 0. The molecule has 0 aliphatic heterocycles. The first-order valence-electron chi connectivity index (χ1n) is 5.88. The van der Waals surface area contributed by atoms with Gasteiger partial charge in [-0.1, -0.05) is 52.4 Å². The molecule has 0 aliphatic carbocycles. The molecule has 0 aromatic carbocycles. The van der Waals surface area contributed by atoms with Gasteiger partial charge in [0.1, 0.15) is 0 Å². The molecule has 1 heteroatoms. The fourth-order valence-electron chi connectivity index (χ4n) is 1.95. The van der Waals surface area contributed by atoms with Gasteiger partial charge in [-0.25, -0.2) is 0 Å². The number of rotatable bonds is 8. The molecule has 0 bridgehead atoms. The minimum atomic E-state index is -0.107. The molecular weight excluding hydrogens is 160 g/mol. The van der Waals surface area contributed by atoms with Gasteiger partial charge in [-0.3, -0.25) is 0 Å². The third-order valence-electron chi connectivity index (χ3n) is 2.63. The van der Waals surface area contributed by atoms with Crippen molar-refractivity contribution in [3.05, 3.63) is 0 Å². The molecule has 80 valence electrons. The third-order valence-corrected chi connectivity index (χ3v) is 2.63. The van der Waals surface area contributed by atoms with Crippen molar-refractivity contribution < 1.29 is 5.11 Å². The number of aliphatic hydroxyl groups is 1. The SMILES string of the molecule is CCCC(CCC)CCCC(C)O. The van der Waals surface area contributed by atoms with Crippen LogP contribution in [0.4, 0.5) is 0 Å². The molecule has 13 heavy (non-hydrogen) atoms. The van der Waals surface area contributed by atoms with Crippen LogP contribution < -0.4 is 0 Å². The smallest absolute Gasteiger partial charge is 0.0512 e. The molecule has 0 aromatic rings. The number of hydrogen-bond acceptors (Lipinski definition) is 1. The lowest BCUT2D eigenvalue weighted by atomic mass is 9.92. The second-order valence-corrected chi connectivity index (χ2v) is 4.22. The Morgan fingerprint density at radius 3 is 1.85 bits per heavy atom. The second-order valence-electron chi connectivity index (χ2n) is 4.22. The third kappa shape index (κ3) is 8.29. The van der Waals surface area contributed by atoms with Crippen molar-refractivity contribution >= 4 is 0 Å². The largest absolute Gasteiger partial charge is 0.393 e. The van der Waals surface area contributed by atoms with E-state index < -0.39 is 0 Å². The number of hydrogen-bond donors (Lipinski definition) is 1. The van der Waals surface area contributed by atoms with E-state index in [-0.39, 0.29) is 6.10 Å². The van der Waals surface area contributed by atoms with Crippen LogP contribution in [0.25, 0.3) is 0 Å². The fraction of sp³-hybridized carbons (Fsp3) is 1.00. The molecule has 0 heterocycles. The van der Waals surface area contributed by atoms with E-state index in [1.807, 2.05) is 6.92 Å². The standard InChI is InChI=1S/C12H26O/c1-4-7-12(8-5-2)10-6-9-11(3)13/h11-13H,4-10H2,1-3H3. The van der Waals surface area contributed by atoms with Gasteiger partial charge in [0.25, 0.3) is 0 Å². The highest BCUT2D eigenvalue weighted by molar-refractivity contribution is 4.59. The maximum atomic E-state index is 9.13. The van der Waals surface area contributed by atoms with E-state index in [0.717, 1.165) is 12.3 Å². The monoisotopic (exact) mass is 186 g/mol. The van der Waals surface area contributed by atoms with E-state index in [1.54, 1.807) is 0 Å². The summed E-state index contributed by atoms with van der Waals surface area (Å²) in [4.78, 5) is 0. The van der Waals surface area contributed by atoms with Gasteiger partial charge in [0, 0.05) is 0 Å². The summed E-state index contributed by atoms with van der Waals surface area (Å²) in [6.45, 7) is 6.41. The van der Waals surface area contributed by atoms with Gasteiger partial charge in [-0.15, -0.1) is 0 Å². The predicted molar refractivity (Wildman–Crippen MR) is 58.8 cm³/mol. The van der Waals surface area contributed by atoms with Crippen molar-refractivity contribution in [1.82, 2.24) is 0 Å². The van der Waals surface area contributed by atoms with E-state index in [1.165, 1.54) is 38.5 Å². The zero-order valence-electron chi connectivity index (χ0n) is 9.55. The first-order valence-corrected chi connectivity index (χ1v) is 5.88. The van der Waals surface area contributed by atoms with Crippen LogP contribution in [0, 0.1) is 5.92 Å². The van der Waals surface area contributed by atoms with Crippen molar-refractivity contribution in [2.45, 2.75) is 71.8 Å². The molecule has 0 aromatic heterocycles. The average Bonchev–Trinajstić information content (AvgIpc) is 2.04. The van der Waals surface area contributed by atoms with E-state index >= 15 is 0 Å². The first-order chi connectivity index (χ1) is 6.20. The van der Waals surface area contributed by atoms with Crippen LogP contribution in [0.2, 0.25) is 0 Å². The van der Waals surface area contributed by atoms with Crippen molar-refractivity contribution in [2.75, 3.05) is 0 Å². The summed E-state index contributed by atoms with van der Waals surface area (Å²) in [5.74, 6) is 0.911. The maximum absolute atomic E-state index is 9.13. The van der Waals surface area contributed by atoms with Crippen LogP contribution in [-0.4, -0.2) is 11.2 Å². The van der Waals surface area contributed by atoms with Crippen LogP contribution in [-0.2, 0) is 0 Å². The molecule has 0 spiro atoms. The molecule has 1 N–H and O–H groups in total. The molecule has 0 fully saturated rings. The van der Waals surface area contributed by atoms with Crippen molar-refractivity contribution in [3.63, 3.8) is 0 Å². The summed E-state index contributed by atoms with van der Waals surface area (Å²) in [5, 5.41) is 9.13. The molecule has 0 aliphatic rings. The quantitative estimate of drug-likeness (QED) is 0.612. The second kappa shape index (κ2) is 8.55. The van der Waals surface area contributed by atoms with Crippen LogP contribution in [0.5, 0.6) is 0 Å². The van der Waals surface area contributed by atoms with Crippen LogP contribution in [0.1, 0.15) is 65.7 Å². The normalized spacial score (nSPS) is 13.6. The summed E-state index contributed by atoms with van der Waals surface area (Å²) in [7, 11) is 0. The first kappa shape index (κ1) is 13.0. The molecule has 1 unspecified atom stereocenters. The van der Waals surface area contributed by atoms with E-state index in [4.69, 9.17) is 5.11 Å². The Bertz CT molecular complexity index is 93.3. The molecule has 0 saturated carbocycles. The van der Waals surface area contributed by atoms with Gasteiger partial charge in [0.15, 0.2) is 0 Å². The van der Waals surface area contributed by atoms with Crippen LogP contribution in [0.3, 0.4) is 0 Å². The maximum Gasteiger partial charge on any atom is 0.0512 e. The number of aliphatic hydroxyl groups excluding tert-OH is 1. The Kier molecular flexibility index (Phi) is 8.53. The van der Waals surface area contributed by atoms with Gasteiger partial charge in [-0.2, -0.15) is 0 Å². The lowest BCUT2D eigenvalue weighted by Gasteiger charge is -2.15.